The van der Waals surface area contributed by atoms with Gasteiger partial charge in [0.1, 0.15) is 6.10 Å². The van der Waals surface area contributed by atoms with Crippen molar-refractivity contribution in [2.75, 3.05) is 6.54 Å². The number of carbonyl (C=O) groups is 2. The molecule has 4 saturated carbocycles. The van der Waals surface area contributed by atoms with Crippen molar-refractivity contribution in [3.05, 3.63) is 0 Å². The summed E-state index contributed by atoms with van der Waals surface area (Å²) in [6, 6.07) is 0. The number of carboxylic acids is 1. The molecule has 0 amide bonds. The SMILES string of the molecule is C[C@H](CCCCC(=O)O)C1CC[C@H]2[C@@H]3CC[C@@H]4C[C@H](OC(=O)CN)CC[C@]4(C)[C@H]3CC[C@]12C. The lowest BCUT2D eigenvalue weighted by atomic mass is 9.44. The molecule has 0 heterocycles. The summed E-state index contributed by atoms with van der Waals surface area (Å²) in [5.74, 6) is 3.80. The summed E-state index contributed by atoms with van der Waals surface area (Å²) < 4.78 is 5.65. The van der Waals surface area contributed by atoms with Gasteiger partial charge in [-0.25, -0.2) is 0 Å². The van der Waals surface area contributed by atoms with Crippen LogP contribution in [0, 0.1) is 46.3 Å². The first kappa shape index (κ1) is 25.0. The fourth-order valence-electron chi connectivity index (χ4n) is 9.48. The minimum absolute atomic E-state index is 0.0114. The second-order valence-electron chi connectivity index (χ2n) is 12.6. The van der Waals surface area contributed by atoms with Gasteiger partial charge in [0.25, 0.3) is 0 Å². The topological polar surface area (TPSA) is 89.6 Å². The number of esters is 1. The molecule has 0 aliphatic heterocycles. The van der Waals surface area contributed by atoms with Gasteiger partial charge in [-0.3, -0.25) is 9.59 Å². The first-order chi connectivity index (χ1) is 15.7. The van der Waals surface area contributed by atoms with E-state index in [0.717, 1.165) is 49.4 Å². The average molecular weight is 462 g/mol. The zero-order valence-electron chi connectivity index (χ0n) is 21.2. The van der Waals surface area contributed by atoms with Crippen LogP contribution in [0.4, 0.5) is 0 Å². The second kappa shape index (κ2) is 9.87. The maximum Gasteiger partial charge on any atom is 0.319 e. The van der Waals surface area contributed by atoms with Crippen molar-refractivity contribution in [3.63, 3.8) is 0 Å². The molecule has 0 aromatic rings. The molecule has 0 saturated heterocycles. The Bertz CT molecular complexity index is 725. The molecule has 1 unspecified atom stereocenters. The smallest absolute Gasteiger partial charge is 0.319 e. The first-order valence-electron chi connectivity index (χ1n) is 13.8. The molecule has 4 aliphatic rings. The second-order valence-corrected chi connectivity index (χ2v) is 12.6. The van der Waals surface area contributed by atoms with Gasteiger partial charge in [0.05, 0.1) is 6.54 Å². The van der Waals surface area contributed by atoms with Crippen molar-refractivity contribution in [1.82, 2.24) is 0 Å². The molecular weight excluding hydrogens is 414 g/mol. The zero-order valence-corrected chi connectivity index (χ0v) is 21.2. The number of hydrogen-bond donors (Lipinski definition) is 2. The lowest BCUT2D eigenvalue weighted by molar-refractivity contribution is -0.161. The van der Waals surface area contributed by atoms with Crippen LogP contribution in [-0.4, -0.2) is 29.7 Å². The van der Waals surface area contributed by atoms with Gasteiger partial charge >= 0.3 is 11.9 Å². The molecule has 188 valence electrons. The van der Waals surface area contributed by atoms with Crippen molar-refractivity contribution >= 4 is 11.9 Å². The summed E-state index contributed by atoms with van der Waals surface area (Å²) >= 11 is 0. The molecule has 0 spiro atoms. The lowest BCUT2D eigenvalue weighted by Crippen LogP contribution is -2.54. The van der Waals surface area contributed by atoms with Gasteiger partial charge < -0.3 is 15.6 Å². The van der Waals surface area contributed by atoms with E-state index in [0.29, 0.717) is 29.1 Å². The van der Waals surface area contributed by atoms with Crippen LogP contribution in [0.5, 0.6) is 0 Å². The third kappa shape index (κ3) is 4.73. The Labute approximate surface area is 200 Å². The number of carbonyl (C=O) groups excluding carboxylic acids is 1. The van der Waals surface area contributed by atoms with Gasteiger partial charge in [0, 0.05) is 6.42 Å². The van der Waals surface area contributed by atoms with Gasteiger partial charge in [0.15, 0.2) is 0 Å². The summed E-state index contributed by atoms with van der Waals surface area (Å²) in [6.45, 7) is 7.60. The molecule has 4 aliphatic carbocycles. The molecule has 0 bridgehead atoms. The van der Waals surface area contributed by atoms with Crippen LogP contribution < -0.4 is 5.73 Å². The van der Waals surface area contributed by atoms with Crippen LogP contribution in [0.15, 0.2) is 0 Å². The first-order valence-corrected chi connectivity index (χ1v) is 13.8. The molecule has 0 aromatic carbocycles. The minimum Gasteiger partial charge on any atom is -0.481 e. The van der Waals surface area contributed by atoms with E-state index in [2.05, 4.69) is 20.8 Å². The Morgan fingerprint density at radius 1 is 1.00 bits per heavy atom. The Hall–Kier alpha value is -1.10. The molecule has 4 rings (SSSR count). The zero-order chi connectivity index (χ0) is 23.8. The molecule has 5 nitrogen and oxygen atoms in total. The van der Waals surface area contributed by atoms with Gasteiger partial charge in [-0.2, -0.15) is 0 Å². The van der Waals surface area contributed by atoms with Crippen molar-refractivity contribution < 1.29 is 19.4 Å². The normalized spacial score (nSPS) is 43.2. The van der Waals surface area contributed by atoms with E-state index in [1.54, 1.807) is 0 Å². The number of fused-ring (bicyclic) bond motifs is 5. The van der Waals surface area contributed by atoms with Gasteiger partial charge in [0.2, 0.25) is 0 Å². The number of rotatable bonds is 8. The van der Waals surface area contributed by atoms with Crippen LogP contribution in [-0.2, 0) is 14.3 Å². The molecule has 0 radical (unpaired) electrons. The fourth-order valence-corrected chi connectivity index (χ4v) is 9.48. The van der Waals surface area contributed by atoms with Crippen LogP contribution in [0.1, 0.15) is 104 Å². The van der Waals surface area contributed by atoms with Gasteiger partial charge in [-0.15, -0.1) is 0 Å². The van der Waals surface area contributed by atoms with Gasteiger partial charge in [-0.1, -0.05) is 33.6 Å². The highest BCUT2D eigenvalue weighted by Crippen LogP contribution is 2.68. The Balaban J connectivity index is 1.39. The Kier molecular flexibility index (Phi) is 7.48. The van der Waals surface area contributed by atoms with Crippen molar-refractivity contribution in [2.24, 2.45) is 52.1 Å². The summed E-state index contributed by atoms with van der Waals surface area (Å²) in [4.78, 5) is 22.6. The highest BCUT2D eigenvalue weighted by molar-refractivity contribution is 5.71. The minimum atomic E-state index is -0.662. The molecule has 3 N–H and O–H groups in total. The predicted molar refractivity (Wildman–Crippen MR) is 129 cm³/mol. The molecule has 9 atom stereocenters. The largest absolute Gasteiger partial charge is 0.481 e. The monoisotopic (exact) mass is 461 g/mol. The summed E-state index contributed by atoms with van der Waals surface area (Å²) in [7, 11) is 0. The quantitative estimate of drug-likeness (QED) is 0.352. The van der Waals surface area contributed by atoms with E-state index in [1.807, 2.05) is 0 Å². The van der Waals surface area contributed by atoms with Crippen LogP contribution in [0.25, 0.3) is 0 Å². The Morgan fingerprint density at radius 2 is 1.73 bits per heavy atom. The standard InChI is InChI=1S/C28H47NO4/c1-18(6-4-5-7-25(30)31)22-10-11-23-21-9-8-19-16-20(33-26(32)17-29)12-14-27(19,2)24(21)13-15-28(22,23)3/h18-24H,4-17,29H2,1-3H3,(H,30,31)/t18-,19-,20-,21+,22?,23+,24+,27+,28-/m1/s1. The highest BCUT2D eigenvalue weighted by Gasteiger charge is 2.60. The third-order valence-electron chi connectivity index (χ3n) is 11.1. The van der Waals surface area contributed by atoms with E-state index in [9.17, 15) is 9.59 Å². The summed E-state index contributed by atoms with van der Waals surface area (Å²) in [6.07, 6.45) is 14.8. The molecule has 33 heavy (non-hydrogen) atoms. The Morgan fingerprint density at radius 3 is 2.45 bits per heavy atom. The maximum atomic E-state index is 11.7. The number of nitrogens with two attached hydrogens (primary N) is 1. The van der Waals surface area contributed by atoms with E-state index >= 15 is 0 Å². The van der Waals surface area contributed by atoms with E-state index in [4.69, 9.17) is 15.6 Å². The summed E-state index contributed by atoms with van der Waals surface area (Å²) in [5.41, 5.74) is 6.34. The number of unbranched alkanes of at least 4 members (excludes halogenated alkanes) is 1. The molecule has 0 aromatic heterocycles. The highest BCUT2D eigenvalue weighted by atomic mass is 16.5. The van der Waals surface area contributed by atoms with Crippen LogP contribution in [0.3, 0.4) is 0 Å². The molecule has 5 heteroatoms. The van der Waals surface area contributed by atoms with E-state index < -0.39 is 5.97 Å². The van der Waals surface area contributed by atoms with Gasteiger partial charge in [-0.05, 0) is 111 Å². The maximum absolute atomic E-state index is 11.7. The van der Waals surface area contributed by atoms with Crippen molar-refractivity contribution in [1.29, 1.82) is 0 Å². The molecular formula is C28H47NO4. The average Bonchev–Trinajstić information content (AvgIpc) is 3.14. The van der Waals surface area contributed by atoms with Crippen molar-refractivity contribution in [2.45, 2.75) is 110 Å². The van der Waals surface area contributed by atoms with Crippen LogP contribution in [0.2, 0.25) is 0 Å². The van der Waals surface area contributed by atoms with E-state index in [1.165, 1.54) is 51.4 Å². The number of carboxylic acid groups (broad SMARTS) is 1. The fraction of sp³-hybridized carbons (Fsp3) is 0.929. The number of ether oxygens (including phenoxy) is 1. The predicted octanol–water partition coefficient (Wildman–Crippen LogP) is 5.80. The van der Waals surface area contributed by atoms with Crippen molar-refractivity contribution in [3.8, 4) is 0 Å². The lowest BCUT2D eigenvalue weighted by Gasteiger charge is -2.61. The third-order valence-corrected chi connectivity index (χ3v) is 11.1. The van der Waals surface area contributed by atoms with Crippen LogP contribution >= 0.6 is 0 Å². The molecule has 4 fully saturated rings. The number of hydrogen-bond acceptors (Lipinski definition) is 4. The number of aliphatic carboxylic acids is 1. The van der Waals surface area contributed by atoms with E-state index in [-0.39, 0.29) is 18.6 Å². The summed E-state index contributed by atoms with van der Waals surface area (Å²) in [5, 5.41) is 8.94.